The van der Waals surface area contributed by atoms with Crippen molar-refractivity contribution in [2.24, 2.45) is 4.99 Å². The zero-order chi connectivity index (χ0) is 15.4. The van der Waals surface area contributed by atoms with Crippen LogP contribution in [-0.4, -0.2) is 19.3 Å². The van der Waals surface area contributed by atoms with Gasteiger partial charge >= 0.3 is 0 Å². The normalized spacial score (nSPS) is 15.5. The fourth-order valence-electron chi connectivity index (χ4n) is 2.93. The lowest BCUT2D eigenvalue weighted by molar-refractivity contribution is 0.578. The Labute approximate surface area is 133 Å². The molecule has 0 unspecified atom stereocenters. The third-order valence-corrected chi connectivity index (χ3v) is 4.33. The highest BCUT2D eigenvalue weighted by atomic mass is 15.1. The maximum absolute atomic E-state index is 4.64. The fourth-order valence-corrected chi connectivity index (χ4v) is 2.93. The molecular formula is C20H24N2. The largest absolute Gasteiger partial charge is 0.372 e. The standard InChI is InChI=1S/C20H24N2/c1-16-6-7-17(2)20(14-16)21-15-18-8-10-19(11-9-18)22-12-4-3-5-13-22/h6-11,14-15H,3-5,12-13H2,1-2H3. The lowest BCUT2D eigenvalue weighted by Gasteiger charge is -2.28. The third-order valence-electron chi connectivity index (χ3n) is 4.33. The summed E-state index contributed by atoms with van der Waals surface area (Å²) in [5.41, 5.74) is 6.01. The first-order valence-corrected chi connectivity index (χ1v) is 8.19. The molecule has 0 aliphatic carbocycles. The molecule has 0 N–H and O–H groups in total. The van der Waals surface area contributed by atoms with Crippen LogP contribution in [0.2, 0.25) is 0 Å². The van der Waals surface area contributed by atoms with Gasteiger partial charge in [-0.15, -0.1) is 0 Å². The maximum Gasteiger partial charge on any atom is 0.0661 e. The summed E-state index contributed by atoms with van der Waals surface area (Å²) in [5.74, 6) is 0. The SMILES string of the molecule is Cc1ccc(C)c(N=Cc2ccc(N3CCCCC3)cc2)c1. The highest BCUT2D eigenvalue weighted by Gasteiger charge is 2.10. The average molecular weight is 292 g/mol. The number of nitrogens with zero attached hydrogens (tertiary/aromatic N) is 2. The predicted molar refractivity (Wildman–Crippen MR) is 95.7 cm³/mol. The van der Waals surface area contributed by atoms with Gasteiger partial charge in [-0.05, 0) is 68.0 Å². The van der Waals surface area contributed by atoms with Crippen LogP contribution < -0.4 is 4.90 Å². The average Bonchev–Trinajstić information content (AvgIpc) is 2.57. The van der Waals surface area contributed by atoms with E-state index in [0.717, 1.165) is 11.3 Å². The van der Waals surface area contributed by atoms with Gasteiger partial charge in [0, 0.05) is 25.0 Å². The Morgan fingerprint density at radius 1 is 0.909 bits per heavy atom. The quantitative estimate of drug-likeness (QED) is 0.723. The second kappa shape index (κ2) is 6.78. The minimum absolute atomic E-state index is 1.06. The van der Waals surface area contributed by atoms with Crippen molar-refractivity contribution < 1.29 is 0 Å². The van der Waals surface area contributed by atoms with E-state index in [-0.39, 0.29) is 0 Å². The van der Waals surface area contributed by atoms with Gasteiger partial charge in [0.1, 0.15) is 0 Å². The van der Waals surface area contributed by atoms with Gasteiger partial charge in [0.05, 0.1) is 5.69 Å². The van der Waals surface area contributed by atoms with E-state index in [4.69, 9.17) is 0 Å². The van der Waals surface area contributed by atoms with Gasteiger partial charge in [-0.1, -0.05) is 24.3 Å². The zero-order valence-corrected chi connectivity index (χ0v) is 13.5. The third kappa shape index (κ3) is 3.56. The van der Waals surface area contributed by atoms with Crippen molar-refractivity contribution in [2.75, 3.05) is 18.0 Å². The Kier molecular flexibility index (Phi) is 4.57. The first-order valence-electron chi connectivity index (χ1n) is 8.19. The lowest BCUT2D eigenvalue weighted by Crippen LogP contribution is -2.29. The first-order chi connectivity index (χ1) is 10.7. The molecule has 2 aromatic carbocycles. The Hall–Kier alpha value is -2.09. The molecule has 0 spiro atoms. The monoisotopic (exact) mass is 292 g/mol. The number of anilines is 1. The van der Waals surface area contributed by atoms with Gasteiger partial charge in [0.2, 0.25) is 0 Å². The molecule has 3 rings (SSSR count). The number of aliphatic imine (C=N–C) groups is 1. The van der Waals surface area contributed by atoms with E-state index >= 15 is 0 Å². The Bertz CT molecular complexity index is 650. The summed E-state index contributed by atoms with van der Waals surface area (Å²) in [6, 6.07) is 15.2. The molecule has 0 radical (unpaired) electrons. The fraction of sp³-hybridized carbons (Fsp3) is 0.350. The molecule has 1 aliphatic rings. The highest BCUT2D eigenvalue weighted by molar-refractivity contribution is 5.83. The van der Waals surface area contributed by atoms with Gasteiger partial charge in [0.25, 0.3) is 0 Å². The van der Waals surface area contributed by atoms with E-state index in [1.54, 1.807) is 0 Å². The van der Waals surface area contributed by atoms with Gasteiger partial charge in [-0.2, -0.15) is 0 Å². The van der Waals surface area contributed by atoms with Crippen molar-refractivity contribution >= 4 is 17.6 Å². The van der Waals surface area contributed by atoms with Crippen LogP contribution in [0.1, 0.15) is 36.0 Å². The van der Waals surface area contributed by atoms with Crippen LogP contribution in [0.5, 0.6) is 0 Å². The topological polar surface area (TPSA) is 15.6 Å². The number of hydrogen-bond donors (Lipinski definition) is 0. The van der Waals surface area contributed by atoms with E-state index in [9.17, 15) is 0 Å². The summed E-state index contributed by atoms with van der Waals surface area (Å²) < 4.78 is 0. The zero-order valence-electron chi connectivity index (χ0n) is 13.5. The van der Waals surface area contributed by atoms with E-state index in [0.29, 0.717) is 0 Å². The smallest absolute Gasteiger partial charge is 0.0661 e. The Morgan fingerprint density at radius 3 is 2.36 bits per heavy atom. The number of piperidine rings is 1. The summed E-state index contributed by atoms with van der Waals surface area (Å²) in [6.07, 6.45) is 5.96. The molecule has 2 aromatic rings. The van der Waals surface area contributed by atoms with Crippen molar-refractivity contribution in [3.63, 3.8) is 0 Å². The molecule has 1 fully saturated rings. The number of benzene rings is 2. The van der Waals surface area contributed by atoms with Crippen molar-refractivity contribution in [1.29, 1.82) is 0 Å². The van der Waals surface area contributed by atoms with Crippen LogP contribution in [0.4, 0.5) is 11.4 Å². The van der Waals surface area contributed by atoms with Gasteiger partial charge in [0.15, 0.2) is 0 Å². The minimum atomic E-state index is 1.06. The van der Waals surface area contributed by atoms with Crippen molar-refractivity contribution in [3.05, 3.63) is 59.2 Å². The van der Waals surface area contributed by atoms with Crippen LogP contribution in [0.25, 0.3) is 0 Å². The van der Waals surface area contributed by atoms with Crippen LogP contribution in [-0.2, 0) is 0 Å². The lowest BCUT2D eigenvalue weighted by atomic mass is 10.1. The van der Waals surface area contributed by atoms with E-state index in [1.807, 2.05) is 6.21 Å². The summed E-state index contributed by atoms with van der Waals surface area (Å²) in [6.45, 7) is 6.59. The second-order valence-electron chi connectivity index (χ2n) is 6.19. The van der Waals surface area contributed by atoms with Gasteiger partial charge in [-0.3, -0.25) is 4.99 Å². The number of hydrogen-bond acceptors (Lipinski definition) is 2. The van der Waals surface area contributed by atoms with Crippen LogP contribution in [0.3, 0.4) is 0 Å². The molecule has 1 heterocycles. The summed E-state index contributed by atoms with van der Waals surface area (Å²) in [7, 11) is 0. The molecular weight excluding hydrogens is 268 g/mol. The summed E-state index contributed by atoms with van der Waals surface area (Å²) >= 11 is 0. The van der Waals surface area contributed by atoms with Crippen LogP contribution in [0, 0.1) is 13.8 Å². The molecule has 2 heteroatoms. The molecule has 0 amide bonds. The van der Waals surface area contributed by atoms with E-state index in [2.05, 4.69) is 66.2 Å². The van der Waals surface area contributed by atoms with Crippen molar-refractivity contribution in [2.45, 2.75) is 33.1 Å². The van der Waals surface area contributed by atoms with Crippen LogP contribution in [0.15, 0.2) is 47.5 Å². The molecule has 1 saturated heterocycles. The maximum atomic E-state index is 4.64. The second-order valence-corrected chi connectivity index (χ2v) is 6.19. The number of aryl methyl sites for hydroxylation is 2. The first kappa shape index (κ1) is 14.8. The van der Waals surface area contributed by atoms with Gasteiger partial charge in [-0.25, -0.2) is 0 Å². The van der Waals surface area contributed by atoms with Gasteiger partial charge < -0.3 is 4.90 Å². The molecule has 0 atom stereocenters. The molecule has 1 aliphatic heterocycles. The molecule has 2 nitrogen and oxygen atoms in total. The predicted octanol–water partition coefficient (Wildman–Crippen LogP) is 5.04. The van der Waals surface area contributed by atoms with E-state index in [1.165, 1.54) is 49.2 Å². The minimum Gasteiger partial charge on any atom is -0.372 e. The summed E-state index contributed by atoms with van der Waals surface area (Å²) in [4.78, 5) is 7.12. The summed E-state index contributed by atoms with van der Waals surface area (Å²) in [5, 5.41) is 0. The molecule has 114 valence electrons. The highest BCUT2D eigenvalue weighted by Crippen LogP contribution is 2.21. The molecule has 0 saturated carbocycles. The van der Waals surface area contributed by atoms with Crippen LogP contribution >= 0.6 is 0 Å². The number of rotatable bonds is 3. The molecule has 0 bridgehead atoms. The molecule has 22 heavy (non-hydrogen) atoms. The van der Waals surface area contributed by atoms with Crippen molar-refractivity contribution in [1.82, 2.24) is 0 Å². The van der Waals surface area contributed by atoms with E-state index < -0.39 is 0 Å². The Balaban J connectivity index is 1.72. The molecule has 0 aromatic heterocycles. The van der Waals surface area contributed by atoms with Crippen molar-refractivity contribution in [3.8, 4) is 0 Å². The Morgan fingerprint density at radius 2 is 1.64 bits per heavy atom.